The number of benzene rings is 1. The summed E-state index contributed by atoms with van der Waals surface area (Å²) in [5.74, 6) is -0.344. The van der Waals surface area contributed by atoms with Gasteiger partial charge in [0.2, 0.25) is 0 Å². The van der Waals surface area contributed by atoms with E-state index in [4.69, 9.17) is 4.74 Å². The molecule has 0 bridgehead atoms. The van der Waals surface area contributed by atoms with Crippen molar-refractivity contribution in [3.63, 3.8) is 0 Å². The fourth-order valence-electron chi connectivity index (χ4n) is 2.54. The lowest BCUT2D eigenvalue weighted by Gasteiger charge is -2.28. The lowest BCUT2D eigenvalue weighted by Crippen LogP contribution is -2.36. The number of carbonyl (C=O) groups is 2. The first-order valence-corrected chi connectivity index (χ1v) is 7.84. The van der Waals surface area contributed by atoms with Gasteiger partial charge in [0.05, 0.1) is 25.1 Å². The van der Waals surface area contributed by atoms with Crippen LogP contribution in [0.1, 0.15) is 27.8 Å². The smallest absolute Gasteiger partial charge is 0.274 e. The van der Waals surface area contributed by atoms with E-state index >= 15 is 0 Å². The van der Waals surface area contributed by atoms with Crippen molar-refractivity contribution >= 4 is 23.1 Å². The number of hydrogen-bond donors (Lipinski definition) is 1. The molecular formula is C18H19N3O3. The molecule has 1 N–H and O–H groups in total. The van der Waals surface area contributed by atoms with Gasteiger partial charge in [0, 0.05) is 24.3 Å². The van der Waals surface area contributed by atoms with Crippen LogP contribution < -0.4 is 10.2 Å². The Morgan fingerprint density at radius 3 is 2.62 bits per heavy atom. The molecule has 6 heteroatoms. The van der Waals surface area contributed by atoms with Gasteiger partial charge in [-0.15, -0.1) is 0 Å². The Morgan fingerprint density at radius 2 is 1.96 bits per heavy atom. The van der Waals surface area contributed by atoms with Crippen LogP contribution in [-0.4, -0.2) is 43.0 Å². The van der Waals surface area contributed by atoms with Crippen molar-refractivity contribution in [3.05, 3.63) is 53.9 Å². The molecule has 1 aromatic carbocycles. The molecule has 1 aromatic heterocycles. The van der Waals surface area contributed by atoms with Crippen molar-refractivity contribution < 1.29 is 14.3 Å². The van der Waals surface area contributed by atoms with E-state index in [0.29, 0.717) is 30.2 Å². The van der Waals surface area contributed by atoms with E-state index in [9.17, 15) is 9.59 Å². The summed E-state index contributed by atoms with van der Waals surface area (Å²) in [6.07, 6.45) is 1.70. The SMILES string of the molecule is CC(=O)c1cccc(NC(=O)c2ccc(N3CCOCC3)cn2)c1. The number of nitrogens with one attached hydrogen (secondary N) is 1. The summed E-state index contributed by atoms with van der Waals surface area (Å²) in [4.78, 5) is 30.1. The van der Waals surface area contributed by atoms with Crippen LogP contribution in [0.3, 0.4) is 0 Å². The van der Waals surface area contributed by atoms with Crippen LogP contribution in [0.15, 0.2) is 42.6 Å². The second kappa shape index (κ2) is 7.23. The molecule has 1 amide bonds. The van der Waals surface area contributed by atoms with E-state index in [1.165, 1.54) is 6.92 Å². The molecule has 124 valence electrons. The number of Topliss-reactive ketones (excluding diaryl/α,β-unsaturated/α-hetero) is 1. The number of aromatic nitrogens is 1. The lowest BCUT2D eigenvalue weighted by molar-refractivity contribution is 0.100. The van der Waals surface area contributed by atoms with Crippen LogP contribution >= 0.6 is 0 Å². The normalized spacial score (nSPS) is 14.3. The van der Waals surface area contributed by atoms with Gasteiger partial charge in [0.1, 0.15) is 5.69 Å². The zero-order valence-electron chi connectivity index (χ0n) is 13.5. The number of ketones is 1. The maximum absolute atomic E-state index is 12.3. The molecule has 0 radical (unpaired) electrons. The molecule has 3 rings (SSSR count). The number of nitrogens with zero attached hydrogens (tertiary/aromatic N) is 2. The average Bonchev–Trinajstić information content (AvgIpc) is 2.63. The van der Waals surface area contributed by atoms with Crippen LogP contribution in [0.25, 0.3) is 0 Å². The summed E-state index contributed by atoms with van der Waals surface area (Å²) in [5, 5.41) is 2.77. The molecule has 0 atom stereocenters. The van der Waals surface area contributed by atoms with E-state index in [1.807, 2.05) is 6.07 Å². The molecular weight excluding hydrogens is 306 g/mol. The van der Waals surface area contributed by atoms with Gasteiger partial charge in [-0.1, -0.05) is 12.1 Å². The molecule has 1 saturated heterocycles. The van der Waals surface area contributed by atoms with Crippen LogP contribution in [0, 0.1) is 0 Å². The van der Waals surface area contributed by atoms with Crippen molar-refractivity contribution in [2.75, 3.05) is 36.5 Å². The molecule has 0 spiro atoms. The predicted octanol–water partition coefficient (Wildman–Crippen LogP) is 2.37. The van der Waals surface area contributed by atoms with E-state index in [-0.39, 0.29) is 11.7 Å². The molecule has 0 unspecified atom stereocenters. The highest BCUT2D eigenvalue weighted by atomic mass is 16.5. The number of morpholine rings is 1. The molecule has 1 fully saturated rings. The minimum absolute atomic E-state index is 0.0425. The first-order valence-electron chi connectivity index (χ1n) is 7.84. The van der Waals surface area contributed by atoms with Crippen LogP contribution in [-0.2, 0) is 4.74 Å². The fourth-order valence-corrected chi connectivity index (χ4v) is 2.54. The summed E-state index contributed by atoms with van der Waals surface area (Å²) in [6, 6.07) is 10.4. The molecule has 0 saturated carbocycles. The van der Waals surface area contributed by atoms with Gasteiger partial charge in [-0.2, -0.15) is 0 Å². The number of hydrogen-bond acceptors (Lipinski definition) is 5. The average molecular weight is 325 g/mol. The summed E-state index contributed by atoms with van der Waals surface area (Å²) in [7, 11) is 0. The molecule has 0 aliphatic carbocycles. The Bertz CT molecular complexity index is 737. The van der Waals surface area contributed by atoms with Gasteiger partial charge in [-0.3, -0.25) is 9.59 Å². The van der Waals surface area contributed by atoms with Crippen molar-refractivity contribution in [1.82, 2.24) is 4.98 Å². The Balaban J connectivity index is 1.68. The molecule has 1 aliphatic heterocycles. The van der Waals surface area contributed by atoms with Crippen LogP contribution in [0.4, 0.5) is 11.4 Å². The molecule has 2 aromatic rings. The molecule has 1 aliphatic rings. The highest BCUT2D eigenvalue weighted by molar-refractivity contribution is 6.04. The second-order valence-electron chi connectivity index (χ2n) is 5.59. The Labute approximate surface area is 140 Å². The number of pyridine rings is 1. The highest BCUT2D eigenvalue weighted by Gasteiger charge is 2.13. The number of carbonyl (C=O) groups excluding carboxylic acids is 2. The van der Waals surface area contributed by atoms with Gasteiger partial charge in [-0.05, 0) is 31.2 Å². The largest absolute Gasteiger partial charge is 0.378 e. The maximum Gasteiger partial charge on any atom is 0.274 e. The highest BCUT2D eigenvalue weighted by Crippen LogP contribution is 2.16. The maximum atomic E-state index is 12.3. The van der Waals surface area contributed by atoms with Crippen LogP contribution in [0.5, 0.6) is 0 Å². The van der Waals surface area contributed by atoms with Crippen LogP contribution in [0.2, 0.25) is 0 Å². The third-order valence-electron chi connectivity index (χ3n) is 3.88. The minimum atomic E-state index is -0.302. The third-order valence-corrected chi connectivity index (χ3v) is 3.88. The third kappa shape index (κ3) is 3.78. The van der Waals surface area contributed by atoms with Gasteiger partial charge in [0.25, 0.3) is 5.91 Å². The molecule has 6 nitrogen and oxygen atoms in total. The van der Waals surface area contributed by atoms with E-state index < -0.39 is 0 Å². The monoisotopic (exact) mass is 325 g/mol. The molecule has 24 heavy (non-hydrogen) atoms. The summed E-state index contributed by atoms with van der Waals surface area (Å²) in [6.45, 7) is 4.55. The topological polar surface area (TPSA) is 71.5 Å². The Hall–Kier alpha value is -2.73. The van der Waals surface area contributed by atoms with Gasteiger partial charge in [-0.25, -0.2) is 4.98 Å². The Kier molecular flexibility index (Phi) is 4.86. The first kappa shape index (κ1) is 16.1. The number of ether oxygens (including phenoxy) is 1. The zero-order valence-corrected chi connectivity index (χ0v) is 13.5. The van der Waals surface area contributed by atoms with Crippen molar-refractivity contribution in [2.45, 2.75) is 6.92 Å². The van der Waals surface area contributed by atoms with E-state index in [0.717, 1.165) is 18.8 Å². The molecule has 2 heterocycles. The number of rotatable bonds is 4. The zero-order chi connectivity index (χ0) is 16.9. The van der Waals surface area contributed by atoms with E-state index in [2.05, 4.69) is 15.2 Å². The minimum Gasteiger partial charge on any atom is -0.378 e. The summed E-state index contributed by atoms with van der Waals surface area (Å²) in [5.41, 5.74) is 2.45. The van der Waals surface area contributed by atoms with Gasteiger partial charge < -0.3 is 15.0 Å². The van der Waals surface area contributed by atoms with Crippen molar-refractivity contribution in [2.24, 2.45) is 0 Å². The number of amides is 1. The van der Waals surface area contributed by atoms with Crippen molar-refractivity contribution in [3.8, 4) is 0 Å². The lowest BCUT2D eigenvalue weighted by atomic mass is 10.1. The second-order valence-corrected chi connectivity index (χ2v) is 5.59. The van der Waals surface area contributed by atoms with Crippen molar-refractivity contribution in [1.29, 1.82) is 0 Å². The standard InChI is InChI=1S/C18H19N3O3/c1-13(22)14-3-2-4-15(11-14)20-18(23)17-6-5-16(12-19-17)21-7-9-24-10-8-21/h2-6,11-12H,7-10H2,1H3,(H,20,23). The summed E-state index contributed by atoms with van der Waals surface area (Å²) >= 11 is 0. The number of anilines is 2. The van der Waals surface area contributed by atoms with Gasteiger partial charge in [0.15, 0.2) is 5.78 Å². The quantitative estimate of drug-likeness (QED) is 0.874. The summed E-state index contributed by atoms with van der Waals surface area (Å²) < 4.78 is 5.33. The van der Waals surface area contributed by atoms with Gasteiger partial charge >= 0.3 is 0 Å². The van der Waals surface area contributed by atoms with E-state index in [1.54, 1.807) is 36.5 Å². The Morgan fingerprint density at radius 1 is 1.17 bits per heavy atom. The fraction of sp³-hybridized carbons (Fsp3) is 0.278. The predicted molar refractivity (Wildman–Crippen MR) is 91.7 cm³/mol. The first-order chi connectivity index (χ1) is 11.6.